The lowest BCUT2D eigenvalue weighted by molar-refractivity contribution is 0.430. The summed E-state index contributed by atoms with van der Waals surface area (Å²) in [6, 6.07) is 2.80. The Balaban J connectivity index is 2.39. The first kappa shape index (κ1) is 13.3. The second kappa shape index (κ2) is 4.87. The standard InChI is InChI=1S/C9H7BrClN3O3S/c1-5-2-8(17-13-5)14-18(15,16)7-3-6(10)4-12-9(7)11/h2-4,14H,1H3. The Bertz CT molecular complexity index is 686. The van der Waals surface area contributed by atoms with Gasteiger partial charge in [0.25, 0.3) is 10.0 Å². The van der Waals surface area contributed by atoms with Crippen LogP contribution < -0.4 is 4.72 Å². The van der Waals surface area contributed by atoms with Crippen LogP contribution in [0.25, 0.3) is 0 Å². The molecule has 0 amide bonds. The average molecular weight is 353 g/mol. The van der Waals surface area contributed by atoms with E-state index >= 15 is 0 Å². The molecule has 6 nitrogen and oxygen atoms in total. The Hall–Kier alpha value is -1.12. The van der Waals surface area contributed by atoms with Crippen molar-refractivity contribution in [2.24, 2.45) is 0 Å². The number of hydrogen-bond donors (Lipinski definition) is 1. The molecule has 0 bridgehead atoms. The van der Waals surface area contributed by atoms with Crippen LogP contribution in [-0.2, 0) is 10.0 Å². The van der Waals surface area contributed by atoms with Gasteiger partial charge < -0.3 is 4.52 Å². The van der Waals surface area contributed by atoms with Crippen LogP contribution in [0.15, 0.2) is 32.2 Å². The molecular formula is C9H7BrClN3O3S. The highest BCUT2D eigenvalue weighted by Gasteiger charge is 2.21. The molecule has 2 aromatic heterocycles. The van der Waals surface area contributed by atoms with Gasteiger partial charge >= 0.3 is 0 Å². The maximum atomic E-state index is 12.0. The van der Waals surface area contributed by atoms with Gasteiger partial charge in [0.1, 0.15) is 10.0 Å². The first-order valence-electron chi connectivity index (χ1n) is 4.66. The van der Waals surface area contributed by atoms with Crippen LogP contribution in [0.5, 0.6) is 0 Å². The summed E-state index contributed by atoms with van der Waals surface area (Å²) < 4.78 is 31.6. The van der Waals surface area contributed by atoms with E-state index in [2.05, 4.69) is 30.8 Å². The Morgan fingerprint density at radius 2 is 2.17 bits per heavy atom. The molecule has 1 N–H and O–H groups in total. The van der Waals surface area contributed by atoms with Crippen molar-refractivity contribution < 1.29 is 12.9 Å². The third-order valence-electron chi connectivity index (χ3n) is 1.93. The Morgan fingerprint density at radius 1 is 1.44 bits per heavy atom. The zero-order valence-electron chi connectivity index (χ0n) is 9.02. The van der Waals surface area contributed by atoms with Crippen molar-refractivity contribution in [2.75, 3.05) is 4.72 Å². The van der Waals surface area contributed by atoms with Crippen LogP contribution in [0.1, 0.15) is 5.69 Å². The zero-order valence-corrected chi connectivity index (χ0v) is 12.2. The monoisotopic (exact) mass is 351 g/mol. The minimum atomic E-state index is -3.86. The minimum absolute atomic E-state index is 0.0172. The summed E-state index contributed by atoms with van der Waals surface area (Å²) >= 11 is 8.88. The van der Waals surface area contributed by atoms with E-state index < -0.39 is 10.0 Å². The summed E-state index contributed by atoms with van der Waals surface area (Å²) in [5.41, 5.74) is 0.561. The first-order chi connectivity index (χ1) is 8.38. The van der Waals surface area contributed by atoms with Crippen molar-refractivity contribution in [1.82, 2.24) is 10.1 Å². The molecule has 0 aliphatic rings. The summed E-state index contributed by atoms with van der Waals surface area (Å²) in [6.07, 6.45) is 1.40. The van der Waals surface area contributed by atoms with Gasteiger partial charge in [0.15, 0.2) is 0 Å². The van der Waals surface area contributed by atoms with Gasteiger partial charge in [-0.1, -0.05) is 16.8 Å². The van der Waals surface area contributed by atoms with Gasteiger partial charge in [0, 0.05) is 16.7 Å². The van der Waals surface area contributed by atoms with Crippen molar-refractivity contribution in [3.8, 4) is 0 Å². The number of sulfonamides is 1. The minimum Gasteiger partial charge on any atom is -0.338 e. The summed E-state index contributed by atoms with van der Waals surface area (Å²) in [7, 11) is -3.86. The van der Waals surface area contributed by atoms with Crippen molar-refractivity contribution >= 4 is 43.4 Å². The Morgan fingerprint density at radius 3 is 2.78 bits per heavy atom. The molecule has 0 aliphatic carbocycles. The van der Waals surface area contributed by atoms with Crippen LogP contribution in [0, 0.1) is 6.92 Å². The first-order valence-corrected chi connectivity index (χ1v) is 7.31. The number of rotatable bonds is 3. The van der Waals surface area contributed by atoms with E-state index in [1.54, 1.807) is 6.92 Å². The molecule has 0 fully saturated rings. The smallest absolute Gasteiger partial charge is 0.267 e. The van der Waals surface area contributed by atoms with Gasteiger partial charge in [0.2, 0.25) is 5.88 Å². The summed E-state index contributed by atoms with van der Waals surface area (Å²) in [5.74, 6) is 0.0172. The van der Waals surface area contributed by atoms with Gasteiger partial charge in [-0.05, 0) is 28.9 Å². The third-order valence-corrected chi connectivity index (χ3v) is 4.13. The quantitative estimate of drug-likeness (QED) is 0.858. The van der Waals surface area contributed by atoms with Crippen molar-refractivity contribution in [1.29, 1.82) is 0 Å². The van der Waals surface area contributed by atoms with E-state index in [0.29, 0.717) is 10.2 Å². The molecule has 0 aromatic carbocycles. The molecule has 96 valence electrons. The number of hydrogen-bond acceptors (Lipinski definition) is 5. The largest absolute Gasteiger partial charge is 0.338 e. The van der Waals surface area contributed by atoms with E-state index in [1.165, 1.54) is 18.3 Å². The highest BCUT2D eigenvalue weighted by atomic mass is 79.9. The summed E-state index contributed by atoms with van der Waals surface area (Å²) in [5, 5.41) is 3.45. The lowest BCUT2D eigenvalue weighted by Crippen LogP contribution is -2.13. The number of anilines is 1. The van der Waals surface area contributed by atoms with Gasteiger partial charge in [0.05, 0.1) is 5.69 Å². The summed E-state index contributed by atoms with van der Waals surface area (Å²) in [4.78, 5) is 3.60. The van der Waals surface area contributed by atoms with Crippen LogP contribution in [0.2, 0.25) is 5.15 Å². The second-order valence-corrected chi connectivity index (χ2v) is 6.31. The Kier molecular flexibility index (Phi) is 3.60. The molecule has 0 unspecified atom stereocenters. The second-order valence-electron chi connectivity index (χ2n) is 3.38. The fourth-order valence-corrected chi connectivity index (χ4v) is 3.11. The van der Waals surface area contributed by atoms with Crippen LogP contribution >= 0.6 is 27.5 Å². The van der Waals surface area contributed by atoms with Crippen LogP contribution in [0.3, 0.4) is 0 Å². The van der Waals surface area contributed by atoms with Crippen molar-refractivity contribution in [3.63, 3.8) is 0 Å². The maximum absolute atomic E-state index is 12.0. The highest BCUT2D eigenvalue weighted by Crippen LogP contribution is 2.25. The number of halogens is 2. The predicted octanol–water partition coefficient (Wildman–Crippen LogP) is 2.59. The third kappa shape index (κ3) is 2.82. The van der Waals surface area contributed by atoms with Crippen LogP contribution in [-0.4, -0.2) is 18.6 Å². The summed E-state index contributed by atoms with van der Waals surface area (Å²) in [6.45, 7) is 1.68. The van der Waals surface area contributed by atoms with E-state index in [4.69, 9.17) is 16.1 Å². The number of nitrogens with one attached hydrogen (secondary N) is 1. The van der Waals surface area contributed by atoms with E-state index in [9.17, 15) is 8.42 Å². The highest BCUT2D eigenvalue weighted by molar-refractivity contribution is 9.10. The lowest BCUT2D eigenvalue weighted by Gasteiger charge is -2.06. The van der Waals surface area contributed by atoms with Crippen LogP contribution in [0.4, 0.5) is 5.88 Å². The molecule has 2 heterocycles. The van der Waals surface area contributed by atoms with Crippen molar-refractivity contribution in [2.45, 2.75) is 11.8 Å². The number of aromatic nitrogens is 2. The van der Waals surface area contributed by atoms with Gasteiger partial charge in [-0.25, -0.2) is 18.1 Å². The number of pyridine rings is 1. The van der Waals surface area contributed by atoms with Gasteiger partial charge in [-0.2, -0.15) is 0 Å². The zero-order chi connectivity index (χ0) is 13.3. The molecule has 9 heteroatoms. The predicted molar refractivity (Wildman–Crippen MR) is 69.0 cm³/mol. The van der Waals surface area contributed by atoms with E-state index in [1.807, 2.05) is 0 Å². The topological polar surface area (TPSA) is 85.1 Å². The van der Waals surface area contributed by atoms with Crippen molar-refractivity contribution in [3.05, 3.63) is 33.6 Å². The molecule has 0 atom stereocenters. The van der Waals surface area contributed by atoms with E-state index in [0.717, 1.165) is 0 Å². The van der Waals surface area contributed by atoms with Gasteiger partial charge in [-0.3, -0.25) is 0 Å². The van der Waals surface area contributed by atoms with E-state index in [-0.39, 0.29) is 15.9 Å². The molecular weight excluding hydrogens is 346 g/mol. The fourth-order valence-electron chi connectivity index (χ4n) is 1.19. The molecule has 0 radical (unpaired) electrons. The number of nitrogens with zero attached hydrogens (tertiary/aromatic N) is 2. The molecule has 0 saturated heterocycles. The maximum Gasteiger partial charge on any atom is 0.267 e. The molecule has 2 rings (SSSR count). The molecule has 0 aliphatic heterocycles. The molecule has 2 aromatic rings. The Labute approximate surface area is 117 Å². The fraction of sp³-hybridized carbons (Fsp3) is 0.111. The van der Waals surface area contributed by atoms with Gasteiger partial charge in [-0.15, -0.1) is 0 Å². The SMILES string of the molecule is Cc1cc(NS(=O)(=O)c2cc(Br)cnc2Cl)on1. The molecule has 0 saturated carbocycles. The average Bonchev–Trinajstić information content (AvgIpc) is 2.66. The normalized spacial score (nSPS) is 11.5. The number of aryl methyl sites for hydroxylation is 1. The molecule has 0 spiro atoms. The molecule has 18 heavy (non-hydrogen) atoms. The lowest BCUT2D eigenvalue weighted by atomic mass is 10.5.